The highest BCUT2D eigenvalue weighted by Gasteiger charge is 2.53. The number of nitrogen functional groups attached to an aromatic ring is 1. The van der Waals surface area contributed by atoms with Gasteiger partial charge in [-0.25, -0.2) is 23.4 Å². The molecule has 6 rings (SSSR count). The van der Waals surface area contributed by atoms with E-state index in [0.29, 0.717) is 34.6 Å². The van der Waals surface area contributed by atoms with Crippen molar-refractivity contribution in [2.45, 2.75) is 37.3 Å². The second kappa shape index (κ2) is 9.63. The molecule has 11 heteroatoms. The van der Waals surface area contributed by atoms with Gasteiger partial charge in [-0.1, -0.05) is 5.92 Å². The number of piperidine rings is 1. The van der Waals surface area contributed by atoms with E-state index in [1.165, 1.54) is 12.4 Å². The fourth-order valence-electron chi connectivity index (χ4n) is 5.23. The molecule has 2 aromatic heterocycles. The summed E-state index contributed by atoms with van der Waals surface area (Å²) >= 11 is 0. The number of benzene rings is 2. The van der Waals surface area contributed by atoms with Crippen LogP contribution in [0.4, 0.5) is 14.6 Å². The number of aliphatic hydroxyl groups excluding tert-OH is 1. The van der Waals surface area contributed by atoms with Crippen LogP contribution in [0.5, 0.6) is 11.5 Å². The van der Waals surface area contributed by atoms with Crippen LogP contribution in [0, 0.1) is 23.5 Å². The highest BCUT2D eigenvalue weighted by atomic mass is 19.1. The molecule has 1 saturated heterocycles. The minimum Gasteiger partial charge on any atom is -0.454 e. The Morgan fingerprint density at radius 3 is 2.67 bits per heavy atom. The van der Waals surface area contributed by atoms with E-state index in [0.717, 1.165) is 37.8 Å². The number of carbonyl (C=O) groups excluding carboxylic acids is 1. The molecule has 9 nitrogen and oxygen atoms in total. The predicted molar refractivity (Wildman–Crippen MR) is 138 cm³/mol. The molecule has 2 aromatic carbocycles. The number of hydrogen-bond donors (Lipinski definition) is 2. The van der Waals surface area contributed by atoms with E-state index < -0.39 is 11.6 Å². The summed E-state index contributed by atoms with van der Waals surface area (Å²) < 4.78 is 34.6. The summed E-state index contributed by atoms with van der Waals surface area (Å²) in [5.74, 6) is 3.74. The van der Waals surface area contributed by atoms with Gasteiger partial charge in [0.25, 0.3) is 5.91 Å². The van der Waals surface area contributed by atoms with Gasteiger partial charge < -0.3 is 20.5 Å². The first kappa shape index (κ1) is 24.8. The number of aliphatic hydroxyl groups is 1. The third kappa shape index (κ3) is 4.53. The van der Waals surface area contributed by atoms with Crippen molar-refractivity contribution in [2.75, 3.05) is 18.9 Å². The molecule has 1 saturated carbocycles. The van der Waals surface area contributed by atoms with Crippen molar-refractivity contribution in [1.29, 1.82) is 0 Å². The number of amides is 1. The molecule has 4 aromatic rings. The Morgan fingerprint density at radius 1 is 1.15 bits per heavy atom. The smallest absolute Gasteiger partial charge is 0.299 e. The van der Waals surface area contributed by atoms with E-state index in [4.69, 9.17) is 20.7 Å². The molecule has 2 fully saturated rings. The number of halogens is 2. The predicted octanol–water partition coefficient (Wildman–Crippen LogP) is 3.84. The van der Waals surface area contributed by atoms with Crippen molar-refractivity contribution in [2.24, 2.45) is 0 Å². The lowest BCUT2D eigenvalue weighted by Gasteiger charge is -2.39. The second-order valence-electron chi connectivity index (χ2n) is 9.74. The highest BCUT2D eigenvalue weighted by Crippen LogP contribution is 2.50. The largest absolute Gasteiger partial charge is 0.454 e. The summed E-state index contributed by atoms with van der Waals surface area (Å²) in [6.45, 7) is 0.0388. The molecular formula is C28H24F2N6O3. The first-order valence-electron chi connectivity index (χ1n) is 12.5. The first-order valence-corrected chi connectivity index (χ1v) is 12.5. The highest BCUT2D eigenvalue weighted by molar-refractivity contribution is 5.98. The molecule has 1 spiro atoms. The monoisotopic (exact) mass is 530 g/mol. The van der Waals surface area contributed by atoms with Gasteiger partial charge in [0.15, 0.2) is 17.2 Å². The SMILES string of the molecule is Nc1ncnc2c1c(-c1ccc(Oc3ccc(F)cc3F)cc1)nn2[C@H]1CCC2(CC2)N(C(=O)C#CCO)C1. The van der Waals surface area contributed by atoms with Crippen LogP contribution < -0.4 is 10.5 Å². The Bertz CT molecular complexity index is 1640. The Balaban J connectivity index is 1.33. The maximum absolute atomic E-state index is 14.0. The molecule has 1 amide bonds. The minimum absolute atomic E-state index is 0.0926. The van der Waals surface area contributed by atoms with Crippen LogP contribution >= 0.6 is 0 Å². The molecule has 2 aliphatic rings. The van der Waals surface area contributed by atoms with Gasteiger partial charge in [0, 0.05) is 23.7 Å². The van der Waals surface area contributed by atoms with Crippen LogP contribution in [0.15, 0.2) is 48.8 Å². The number of aromatic nitrogens is 4. The lowest BCUT2D eigenvalue weighted by Crippen LogP contribution is -2.48. The molecule has 39 heavy (non-hydrogen) atoms. The number of nitrogens with zero attached hydrogens (tertiary/aromatic N) is 5. The topological polar surface area (TPSA) is 119 Å². The van der Waals surface area contributed by atoms with Gasteiger partial charge in [-0.15, -0.1) is 0 Å². The third-order valence-electron chi connectivity index (χ3n) is 7.37. The summed E-state index contributed by atoms with van der Waals surface area (Å²) in [7, 11) is 0. The number of anilines is 1. The summed E-state index contributed by atoms with van der Waals surface area (Å²) in [6.07, 6.45) is 4.86. The number of carbonyl (C=O) groups is 1. The van der Waals surface area contributed by atoms with E-state index in [1.807, 2.05) is 4.90 Å². The van der Waals surface area contributed by atoms with Crippen molar-refractivity contribution < 1.29 is 23.4 Å². The van der Waals surface area contributed by atoms with Crippen LogP contribution in [-0.4, -0.2) is 54.4 Å². The Kier molecular flexibility index (Phi) is 6.12. The number of hydrogen-bond acceptors (Lipinski definition) is 7. The Morgan fingerprint density at radius 2 is 1.95 bits per heavy atom. The maximum Gasteiger partial charge on any atom is 0.299 e. The normalized spacial score (nSPS) is 17.6. The average molecular weight is 531 g/mol. The van der Waals surface area contributed by atoms with Crippen LogP contribution in [-0.2, 0) is 4.79 Å². The van der Waals surface area contributed by atoms with Gasteiger partial charge in [-0.05, 0) is 68.0 Å². The lowest BCUT2D eigenvalue weighted by molar-refractivity contribution is -0.130. The zero-order valence-electron chi connectivity index (χ0n) is 20.8. The van der Waals surface area contributed by atoms with Gasteiger partial charge in [0.2, 0.25) is 0 Å². The molecule has 1 aliphatic heterocycles. The molecule has 3 heterocycles. The number of rotatable bonds is 4. The second-order valence-corrected chi connectivity index (χ2v) is 9.74. The van der Waals surface area contributed by atoms with Crippen LogP contribution in [0.3, 0.4) is 0 Å². The first-order chi connectivity index (χ1) is 18.9. The fraction of sp³-hybridized carbons (Fsp3) is 0.286. The summed E-state index contributed by atoms with van der Waals surface area (Å²) in [5, 5.41) is 14.5. The third-order valence-corrected chi connectivity index (χ3v) is 7.37. The van der Waals surface area contributed by atoms with Crippen LogP contribution in [0.25, 0.3) is 22.3 Å². The van der Waals surface area contributed by atoms with Crippen molar-refractivity contribution in [1.82, 2.24) is 24.6 Å². The molecule has 0 bridgehead atoms. The molecule has 1 atom stereocenters. The van der Waals surface area contributed by atoms with Gasteiger partial charge in [-0.2, -0.15) is 5.10 Å². The van der Waals surface area contributed by atoms with Crippen molar-refractivity contribution in [3.63, 3.8) is 0 Å². The molecular weight excluding hydrogens is 506 g/mol. The zero-order chi connectivity index (χ0) is 27.1. The maximum atomic E-state index is 14.0. The molecule has 1 aliphatic carbocycles. The van der Waals surface area contributed by atoms with E-state index in [-0.39, 0.29) is 35.7 Å². The van der Waals surface area contributed by atoms with Crippen molar-refractivity contribution in [3.05, 3.63) is 60.4 Å². The van der Waals surface area contributed by atoms with Gasteiger partial charge in [0.05, 0.1) is 11.4 Å². The lowest BCUT2D eigenvalue weighted by atomic mass is 9.96. The number of likely N-dealkylation sites (tertiary alicyclic amines) is 1. The van der Waals surface area contributed by atoms with E-state index >= 15 is 0 Å². The van der Waals surface area contributed by atoms with Crippen molar-refractivity contribution in [3.8, 4) is 34.6 Å². The van der Waals surface area contributed by atoms with Gasteiger partial charge >= 0.3 is 0 Å². The molecule has 0 unspecified atom stereocenters. The quantitative estimate of drug-likeness (QED) is 0.385. The number of fused-ring (bicyclic) bond motifs is 1. The average Bonchev–Trinajstić information content (AvgIpc) is 3.59. The number of nitrogens with two attached hydrogens (primary N) is 1. The Hall–Kier alpha value is -4.56. The van der Waals surface area contributed by atoms with Gasteiger partial charge in [0.1, 0.15) is 36.0 Å². The molecule has 3 N–H and O–H groups in total. The van der Waals surface area contributed by atoms with E-state index in [9.17, 15) is 13.6 Å². The fourth-order valence-corrected chi connectivity index (χ4v) is 5.23. The standard InChI is InChI=1S/C28H24F2N6O3/c29-18-5-8-22(21(30)14-18)39-20-6-3-17(4-7-20)25-24-26(31)32-16-33-27(24)36(34-25)19-9-10-28(11-12-28)35(15-19)23(38)2-1-13-37/h3-8,14,16,19,37H,9-13,15H2,(H2,31,32,33)/t19-/m0/s1. The molecule has 0 radical (unpaired) electrons. The summed E-state index contributed by atoms with van der Waals surface area (Å²) in [6, 6.07) is 9.78. The Labute approximate surface area is 222 Å². The van der Waals surface area contributed by atoms with Crippen LogP contribution in [0.1, 0.15) is 31.7 Å². The summed E-state index contributed by atoms with van der Waals surface area (Å²) in [4.78, 5) is 23.3. The van der Waals surface area contributed by atoms with Crippen LogP contribution in [0.2, 0.25) is 0 Å². The number of ether oxygens (including phenoxy) is 1. The van der Waals surface area contributed by atoms with E-state index in [2.05, 4.69) is 21.8 Å². The van der Waals surface area contributed by atoms with Crippen molar-refractivity contribution >= 4 is 22.8 Å². The van der Waals surface area contributed by atoms with Gasteiger partial charge in [-0.3, -0.25) is 4.79 Å². The minimum atomic E-state index is -0.802. The zero-order valence-corrected chi connectivity index (χ0v) is 20.8. The summed E-state index contributed by atoms with van der Waals surface area (Å²) in [5.41, 5.74) is 7.93. The molecule has 198 valence electrons. The van der Waals surface area contributed by atoms with E-state index in [1.54, 1.807) is 28.9 Å².